The molecule has 1 aromatic carbocycles. The predicted molar refractivity (Wildman–Crippen MR) is 96.7 cm³/mol. The third-order valence-corrected chi connectivity index (χ3v) is 4.40. The quantitative estimate of drug-likeness (QED) is 0.483. The molecular weight excluding hydrogens is 334 g/mol. The summed E-state index contributed by atoms with van der Waals surface area (Å²) in [6, 6.07) is 7.72. The molecule has 8 nitrogen and oxygen atoms in total. The van der Waals surface area contributed by atoms with Gasteiger partial charge in [0.15, 0.2) is 0 Å². The summed E-state index contributed by atoms with van der Waals surface area (Å²) in [5, 5.41) is 8.60. The number of para-hydroxylation sites is 1. The number of nitrogens with zero attached hydrogens (tertiary/aromatic N) is 4. The molecule has 136 valence electrons. The van der Waals surface area contributed by atoms with Gasteiger partial charge in [0.2, 0.25) is 0 Å². The first-order valence-electron chi connectivity index (χ1n) is 8.32. The number of hydroxylamine groups is 1. The Labute approximate surface area is 151 Å². The number of nitrogens with one attached hydrogen (secondary N) is 1. The number of aromatic nitrogens is 2. The summed E-state index contributed by atoms with van der Waals surface area (Å²) in [4.78, 5) is 31.8. The van der Waals surface area contributed by atoms with Crippen LogP contribution in [0, 0.1) is 0 Å². The van der Waals surface area contributed by atoms with Gasteiger partial charge in [0.25, 0.3) is 11.8 Å². The lowest BCUT2D eigenvalue weighted by Crippen LogP contribution is -2.49. The maximum absolute atomic E-state index is 12.6. The normalized spacial score (nSPS) is 14.7. The van der Waals surface area contributed by atoms with E-state index < -0.39 is 5.91 Å². The Kier molecular flexibility index (Phi) is 5.33. The van der Waals surface area contributed by atoms with E-state index >= 15 is 0 Å². The number of amides is 2. The maximum atomic E-state index is 12.6. The summed E-state index contributed by atoms with van der Waals surface area (Å²) >= 11 is 0. The summed E-state index contributed by atoms with van der Waals surface area (Å²) in [5.41, 5.74) is 4.03. The first-order valence-corrected chi connectivity index (χ1v) is 8.32. The van der Waals surface area contributed by atoms with E-state index in [0.29, 0.717) is 31.9 Å². The zero-order valence-corrected chi connectivity index (χ0v) is 14.5. The maximum Gasteiger partial charge on any atom is 0.272 e. The van der Waals surface area contributed by atoms with Crippen LogP contribution in [0.15, 0.2) is 42.9 Å². The highest BCUT2D eigenvalue weighted by Crippen LogP contribution is 2.23. The highest BCUT2D eigenvalue weighted by atomic mass is 16.5. The predicted octanol–water partition coefficient (Wildman–Crippen LogP) is 0.901. The first-order chi connectivity index (χ1) is 12.6. The van der Waals surface area contributed by atoms with E-state index in [0.717, 1.165) is 11.3 Å². The van der Waals surface area contributed by atoms with E-state index in [-0.39, 0.29) is 5.91 Å². The van der Waals surface area contributed by atoms with Crippen molar-refractivity contribution in [1.82, 2.24) is 19.9 Å². The summed E-state index contributed by atoms with van der Waals surface area (Å²) in [5.74, 6) is -0.594. The van der Waals surface area contributed by atoms with Gasteiger partial charge in [-0.15, -0.1) is 0 Å². The molecule has 2 heterocycles. The van der Waals surface area contributed by atoms with Crippen molar-refractivity contribution in [2.75, 3.05) is 31.1 Å². The Morgan fingerprint density at radius 2 is 1.92 bits per heavy atom. The Bertz CT molecular complexity index is 822. The number of piperazine rings is 1. The zero-order chi connectivity index (χ0) is 18.5. The Balaban J connectivity index is 1.69. The molecule has 1 aromatic heterocycles. The van der Waals surface area contributed by atoms with Crippen LogP contribution in [0.25, 0.3) is 6.08 Å². The van der Waals surface area contributed by atoms with Gasteiger partial charge in [-0.25, -0.2) is 10.5 Å². The van der Waals surface area contributed by atoms with Crippen molar-refractivity contribution in [2.24, 2.45) is 7.05 Å². The van der Waals surface area contributed by atoms with Gasteiger partial charge < -0.3 is 14.4 Å². The first kappa shape index (κ1) is 17.7. The van der Waals surface area contributed by atoms with Crippen molar-refractivity contribution in [3.8, 4) is 0 Å². The molecule has 2 aromatic rings. The average molecular weight is 355 g/mol. The lowest BCUT2D eigenvalue weighted by molar-refractivity contribution is -0.124. The number of carbonyl (C=O) groups is 2. The second-order valence-electron chi connectivity index (χ2n) is 6.04. The van der Waals surface area contributed by atoms with Crippen LogP contribution in [0.3, 0.4) is 0 Å². The van der Waals surface area contributed by atoms with E-state index in [1.54, 1.807) is 28.6 Å². The van der Waals surface area contributed by atoms with Gasteiger partial charge in [0.1, 0.15) is 5.69 Å². The zero-order valence-electron chi connectivity index (χ0n) is 14.5. The molecular formula is C18H21N5O3. The van der Waals surface area contributed by atoms with Crippen molar-refractivity contribution in [3.05, 3.63) is 54.1 Å². The molecule has 1 aliphatic rings. The van der Waals surface area contributed by atoms with Crippen molar-refractivity contribution >= 4 is 23.6 Å². The topological polar surface area (TPSA) is 90.7 Å². The summed E-state index contributed by atoms with van der Waals surface area (Å²) in [7, 11) is 1.81. The number of carbonyl (C=O) groups excluding carboxylic acids is 2. The number of benzene rings is 1. The van der Waals surface area contributed by atoms with Crippen molar-refractivity contribution in [2.45, 2.75) is 0 Å². The number of hydrogen-bond donors (Lipinski definition) is 2. The lowest BCUT2D eigenvalue weighted by atomic mass is 10.1. The number of imidazole rings is 1. The van der Waals surface area contributed by atoms with Crippen LogP contribution < -0.4 is 10.4 Å². The van der Waals surface area contributed by atoms with Crippen LogP contribution in [0.4, 0.5) is 5.69 Å². The van der Waals surface area contributed by atoms with Gasteiger partial charge in [-0.05, 0) is 17.7 Å². The van der Waals surface area contributed by atoms with E-state index in [1.165, 1.54) is 6.08 Å². The van der Waals surface area contributed by atoms with Crippen molar-refractivity contribution in [1.29, 1.82) is 0 Å². The number of anilines is 1. The second-order valence-corrected chi connectivity index (χ2v) is 6.04. The molecule has 0 atom stereocenters. The molecule has 0 unspecified atom stereocenters. The fourth-order valence-corrected chi connectivity index (χ4v) is 2.99. The van der Waals surface area contributed by atoms with Gasteiger partial charge in [0.05, 0.1) is 12.5 Å². The molecule has 26 heavy (non-hydrogen) atoms. The number of hydrogen-bond acceptors (Lipinski definition) is 5. The molecule has 2 N–H and O–H groups in total. The van der Waals surface area contributed by atoms with E-state index in [1.807, 2.05) is 36.2 Å². The fourth-order valence-electron chi connectivity index (χ4n) is 2.99. The Morgan fingerprint density at radius 3 is 2.58 bits per heavy atom. The molecule has 0 aliphatic carbocycles. The third kappa shape index (κ3) is 3.75. The third-order valence-electron chi connectivity index (χ3n) is 4.40. The van der Waals surface area contributed by atoms with Crippen LogP contribution in [0.5, 0.6) is 0 Å². The molecule has 3 rings (SSSR count). The molecule has 0 spiro atoms. The summed E-state index contributed by atoms with van der Waals surface area (Å²) in [6.07, 6.45) is 6.14. The monoisotopic (exact) mass is 355 g/mol. The molecule has 1 fully saturated rings. The van der Waals surface area contributed by atoms with Gasteiger partial charge in [-0.3, -0.25) is 14.8 Å². The minimum absolute atomic E-state index is 0.0163. The fraction of sp³-hybridized carbons (Fsp3) is 0.278. The van der Waals surface area contributed by atoms with Gasteiger partial charge in [-0.2, -0.15) is 0 Å². The van der Waals surface area contributed by atoms with Crippen LogP contribution in [0.2, 0.25) is 0 Å². The van der Waals surface area contributed by atoms with Gasteiger partial charge in [0, 0.05) is 45.0 Å². The summed E-state index contributed by atoms with van der Waals surface area (Å²) < 4.78 is 1.72. The minimum atomic E-state index is -0.577. The number of rotatable bonds is 4. The highest BCUT2D eigenvalue weighted by Gasteiger charge is 2.24. The molecule has 1 saturated heterocycles. The van der Waals surface area contributed by atoms with E-state index in [2.05, 4.69) is 9.88 Å². The molecule has 0 radical (unpaired) electrons. The minimum Gasteiger partial charge on any atom is -0.367 e. The highest BCUT2D eigenvalue weighted by molar-refractivity contribution is 5.93. The molecule has 1 aliphatic heterocycles. The molecule has 0 bridgehead atoms. The van der Waals surface area contributed by atoms with Crippen LogP contribution >= 0.6 is 0 Å². The lowest BCUT2D eigenvalue weighted by Gasteiger charge is -2.36. The van der Waals surface area contributed by atoms with Crippen LogP contribution in [-0.2, 0) is 11.8 Å². The van der Waals surface area contributed by atoms with Crippen LogP contribution in [-0.4, -0.2) is 57.7 Å². The average Bonchev–Trinajstić information content (AvgIpc) is 3.11. The molecule has 2 amide bonds. The summed E-state index contributed by atoms with van der Waals surface area (Å²) in [6.45, 7) is 2.61. The van der Waals surface area contributed by atoms with Crippen molar-refractivity contribution < 1.29 is 14.8 Å². The van der Waals surface area contributed by atoms with Crippen molar-refractivity contribution in [3.63, 3.8) is 0 Å². The molecule has 0 saturated carbocycles. The Morgan fingerprint density at radius 1 is 1.19 bits per heavy atom. The second kappa shape index (κ2) is 7.83. The van der Waals surface area contributed by atoms with Gasteiger partial charge >= 0.3 is 0 Å². The van der Waals surface area contributed by atoms with E-state index in [4.69, 9.17) is 5.21 Å². The standard InChI is InChI=1S/C18H21N5O3/c1-21-13-19-12-16(21)18(25)23-10-8-22(9-11-23)15-5-3-2-4-14(15)6-7-17(24)20-26/h2-7,12-13,26H,8-11H2,1H3,(H,20,24). The van der Waals surface area contributed by atoms with Crippen LogP contribution in [0.1, 0.15) is 16.1 Å². The van der Waals surface area contributed by atoms with Gasteiger partial charge in [-0.1, -0.05) is 18.2 Å². The smallest absolute Gasteiger partial charge is 0.272 e. The largest absolute Gasteiger partial charge is 0.367 e. The molecule has 8 heteroatoms. The Hall–Kier alpha value is -3.13. The van der Waals surface area contributed by atoms with E-state index in [9.17, 15) is 9.59 Å². The SMILES string of the molecule is Cn1cncc1C(=O)N1CCN(c2ccccc2C=CC(=O)NO)CC1. The number of aryl methyl sites for hydroxylation is 1.